The molecule has 0 aromatic rings. The standard InChI is InChI=1S/C11H24.C4H10O2/c1-4-6-7-8-10-11(3)9-5-2;1-4(6)2-3-5/h11H,4-10H2,1-3H3;4-6H,2-3H2,1H3. The van der Waals surface area contributed by atoms with Crippen LogP contribution in [0.15, 0.2) is 0 Å². The van der Waals surface area contributed by atoms with Crippen LogP contribution in [0.4, 0.5) is 0 Å². The Kier molecular flexibility index (Phi) is 18.0. The van der Waals surface area contributed by atoms with Gasteiger partial charge in [0, 0.05) is 6.61 Å². The Hall–Kier alpha value is -0.0800. The third kappa shape index (κ3) is 21.7. The summed E-state index contributed by atoms with van der Waals surface area (Å²) in [6.45, 7) is 8.67. The molecule has 0 radical (unpaired) electrons. The minimum absolute atomic E-state index is 0.0810. The fourth-order valence-electron chi connectivity index (χ4n) is 1.74. The molecule has 0 aliphatic rings. The van der Waals surface area contributed by atoms with Gasteiger partial charge < -0.3 is 10.2 Å². The molecule has 2 nitrogen and oxygen atoms in total. The molecule has 0 saturated heterocycles. The first-order valence-electron chi connectivity index (χ1n) is 7.37. The average Bonchev–Trinajstić information content (AvgIpc) is 2.25. The molecule has 0 saturated carbocycles. The molecule has 0 amide bonds. The van der Waals surface area contributed by atoms with Crippen LogP contribution < -0.4 is 0 Å². The fraction of sp³-hybridized carbons (Fsp3) is 1.00. The lowest BCUT2D eigenvalue weighted by atomic mass is 9.98. The number of aliphatic hydroxyl groups excluding tert-OH is 2. The summed E-state index contributed by atoms with van der Waals surface area (Å²) >= 11 is 0. The van der Waals surface area contributed by atoms with Crippen molar-refractivity contribution in [2.45, 2.75) is 85.2 Å². The maximum absolute atomic E-state index is 8.39. The monoisotopic (exact) mass is 246 g/mol. The van der Waals surface area contributed by atoms with Crippen LogP contribution in [0.5, 0.6) is 0 Å². The highest BCUT2D eigenvalue weighted by Crippen LogP contribution is 2.14. The van der Waals surface area contributed by atoms with Crippen molar-refractivity contribution in [2.75, 3.05) is 6.61 Å². The van der Waals surface area contributed by atoms with E-state index in [1.54, 1.807) is 6.92 Å². The smallest absolute Gasteiger partial charge is 0.0533 e. The quantitative estimate of drug-likeness (QED) is 0.600. The van der Waals surface area contributed by atoms with Gasteiger partial charge in [-0.1, -0.05) is 65.7 Å². The number of unbranched alkanes of at least 4 members (excludes halogenated alkanes) is 3. The second kappa shape index (κ2) is 15.9. The SMILES string of the molecule is CC(O)CCO.CCCCCCC(C)CCC. The first kappa shape index (κ1) is 19.3. The second-order valence-electron chi connectivity index (χ2n) is 5.10. The lowest BCUT2D eigenvalue weighted by Gasteiger charge is -2.08. The molecule has 106 valence electrons. The van der Waals surface area contributed by atoms with Gasteiger partial charge in [0.25, 0.3) is 0 Å². The minimum atomic E-state index is -0.352. The minimum Gasteiger partial charge on any atom is -0.396 e. The molecule has 0 aliphatic carbocycles. The normalized spacial score (nSPS) is 13.8. The van der Waals surface area contributed by atoms with Crippen LogP contribution >= 0.6 is 0 Å². The van der Waals surface area contributed by atoms with Gasteiger partial charge in [0.1, 0.15) is 0 Å². The molecule has 0 aromatic heterocycles. The number of hydrogen-bond donors (Lipinski definition) is 2. The second-order valence-corrected chi connectivity index (χ2v) is 5.10. The van der Waals surface area contributed by atoms with Crippen molar-refractivity contribution in [3.05, 3.63) is 0 Å². The Balaban J connectivity index is 0. The van der Waals surface area contributed by atoms with Crippen LogP contribution in [0, 0.1) is 5.92 Å². The van der Waals surface area contributed by atoms with E-state index < -0.39 is 0 Å². The third-order valence-corrected chi connectivity index (χ3v) is 2.88. The van der Waals surface area contributed by atoms with Gasteiger partial charge in [0.2, 0.25) is 0 Å². The molecular weight excluding hydrogens is 212 g/mol. The van der Waals surface area contributed by atoms with Crippen molar-refractivity contribution in [1.82, 2.24) is 0 Å². The summed E-state index contributed by atoms with van der Waals surface area (Å²) in [5, 5.41) is 16.5. The first-order chi connectivity index (χ1) is 8.08. The van der Waals surface area contributed by atoms with Crippen molar-refractivity contribution < 1.29 is 10.2 Å². The summed E-state index contributed by atoms with van der Waals surface area (Å²) in [5.74, 6) is 0.969. The molecule has 0 spiro atoms. The van der Waals surface area contributed by atoms with Gasteiger partial charge in [0.05, 0.1) is 6.10 Å². The van der Waals surface area contributed by atoms with Gasteiger partial charge in [-0.15, -0.1) is 0 Å². The Morgan fingerprint density at radius 2 is 1.47 bits per heavy atom. The van der Waals surface area contributed by atoms with E-state index in [9.17, 15) is 0 Å². The highest BCUT2D eigenvalue weighted by molar-refractivity contribution is 4.52. The van der Waals surface area contributed by atoms with Gasteiger partial charge in [-0.25, -0.2) is 0 Å². The maximum atomic E-state index is 8.39. The fourth-order valence-corrected chi connectivity index (χ4v) is 1.74. The number of hydrogen-bond acceptors (Lipinski definition) is 2. The Morgan fingerprint density at radius 3 is 1.82 bits per heavy atom. The van der Waals surface area contributed by atoms with Crippen molar-refractivity contribution in [2.24, 2.45) is 5.92 Å². The van der Waals surface area contributed by atoms with Gasteiger partial charge in [-0.3, -0.25) is 0 Å². The van der Waals surface area contributed by atoms with Crippen LogP contribution in [-0.4, -0.2) is 22.9 Å². The van der Waals surface area contributed by atoms with Crippen molar-refractivity contribution in [1.29, 1.82) is 0 Å². The van der Waals surface area contributed by atoms with Crippen molar-refractivity contribution in [3.8, 4) is 0 Å². The summed E-state index contributed by atoms with van der Waals surface area (Å²) in [6, 6.07) is 0. The van der Waals surface area contributed by atoms with Crippen LogP contribution in [0.3, 0.4) is 0 Å². The number of aliphatic hydroxyl groups is 2. The predicted molar refractivity (Wildman–Crippen MR) is 76.2 cm³/mol. The van der Waals surface area contributed by atoms with Gasteiger partial charge >= 0.3 is 0 Å². The van der Waals surface area contributed by atoms with Crippen LogP contribution in [-0.2, 0) is 0 Å². The van der Waals surface area contributed by atoms with Crippen molar-refractivity contribution in [3.63, 3.8) is 0 Å². The summed E-state index contributed by atoms with van der Waals surface area (Å²) in [4.78, 5) is 0. The zero-order valence-electron chi connectivity index (χ0n) is 12.4. The lowest BCUT2D eigenvalue weighted by molar-refractivity contribution is 0.148. The summed E-state index contributed by atoms with van der Waals surface area (Å²) in [6.07, 6.45) is 10.1. The largest absolute Gasteiger partial charge is 0.396 e. The molecule has 0 heterocycles. The zero-order valence-corrected chi connectivity index (χ0v) is 12.4. The maximum Gasteiger partial charge on any atom is 0.0533 e. The van der Waals surface area contributed by atoms with E-state index in [1.165, 1.54) is 44.9 Å². The van der Waals surface area contributed by atoms with Gasteiger partial charge in [0.15, 0.2) is 0 Å². The molecule has 2 N–H and O–H groups in total. The molecule has 0 aromatic carbocycles. The molecule has 0 aliphatic heterocycles. The third-order valence-electron chi connectivity index (χ3n) is 2.88. The molecule has 17 heavy (non-hydrogen) atoms. The molecule has 0 bridgehead atoms. The Labute approximate surface area is 108 Å². The lowest BCUT2D eigenvalue weighted by Crippen LogP contribution is -2.00. The number of rotatable bonds is 9. The van der Waals surface area contributed by atoms with Crippen LogP contribution in [0.25, 0.3) is 0 Å². The molecule has 2 unspecified atom stereocenters. The molecular formula is C15H34O2. The van der Waals surface area contributed by atoms with Crippen LogP contribution in [0.2, 0.25) is 0 Å². The van der Waals surface area contributed by atoms with Gasteiger partial charge in [-0.2, -0.15) is 0 Å². The van der Waals surface area contributed by atoms with E-state index in [1.807, 2.05) is 0 Å². The van der Waals surface area contributed by atoms with Crippen molar-refractivity contribution >= 4 is 0 Å². The predicted octanol–water partition coefficient (Wildman–Crippen LogP) is 4.14. The molecule has 2 atom stereocenters. The highest BCUT2D eigenvalue weighted by Gasteiger charge is 1.98. The van der Waals surface area contributed by atoms with E-state index in [-0.39, 0.29) is 12.7 Å². The van der Waals surface area contributed by atoms with E-state index in [4.69, 9.17) is 10.2 Å². The molecule has 2 heteroatoms. The molecule has 0 fully saturated rings. The summed E-state index contributed by atoms with van der Waals surface area (Å²) in [7, 11) is 0. The van der Waals surface area contributed by atoms with E-state index in [2.05, 4.69) is 20.8 Å². The summed E-state index contributed by atoms with van der Waals surface area (Å²) < 4.78 is 0. The van der Waals surface area contributed by atoms with E-state index in [0.717, 1.165) is 5.92 Å². The van der Waals surface area contributed by atoms with E-state index >= 15 is 0 Å². The first-order valence-corrected chi connectivity index (χ1v) is 7.37. The van der Waals surface area contributed by atoms with E-state index in [0.29, 0.717) is 6.42 Å². The average molecular weight is 246 g/mol. The topological polar surface area (TPSA) is 40.5 Å². The Morgan fingerprint density at radius 1 is 0.824 bits per heavy atom. The summed E-state index contributed by atoms with van der Waals surface area (Å²) in [5.41, 5.74) is 0. The van der Waals surface area contributed by atoms with Crippen LogP contribution in [0.1, 0.15) is 79.1 Å². The Bertz CT molecular complexity index is 124. The molecule has 0 rings (SSSR count). The van der Waals surface area contributed by atoms with Gasteiger partial charge in [-0.05, 0) is 19.3 Å². The highest BCUT2D eigenvalue weighted by atomic mass is 16.3. The zero-order chi connectivity index (χ0) is 13.5.